The van der Waals surface area contributed by atoms with Crippen molar-refractivity contribution in [3.8, 4) is 0 Å². The third-order valence-corrected chi connectivity index (χ3v) is 0. The molecule has 0 rings (SSSR count). The minimum atomic E-state index is 0.190. The SMILES string of the molecule is [CH2]C(C)(I)I. The molecule has 0 aliphatic heterocycles. The van der Waals surface area contributed by atoms with Crippen LogP contribution >= 0.6 is 45.2 Å². The molecule has 0 atom stereocenters. The minimum absolute atomic E-state index is 0.190. The monoisotopic (exact) mass is 295 g/mol. The molecule has 0 saturated heterocycles. The Morgan fingerprint density at radius 1 is 1.60 bits per heavy atom. The van der Waals surface area contributed by atoms with E-state index in [-0.39, 0.29) is 1.43 Å². The highest BCUT2D eigenvalue weighted by atomic mass is 127. The van der Waals surface area contributed by atoms with E-state index in [4.69, 9.17) is 0 Å². The summed E-state index contributed by atoms with van der Waals surface area (Å²) in [5.74, 6) is 0. The number of rotatable bonds is 0. The van der Waals surface area contributed by atoms with Gasteiger partial charge < -0.3 is 0 Å². The predicted octanol–water partition coefficient (Wildman–Crippen LogP) is 2.41. The first kappa shape index (κ1) is 6.46. The summed E-state index contributed by atoms with van der Waals surface area (Å²) < 4.78 is 0.190. The lowest BCUT2D eigenvalue weighted by Crippen LogP contribution is -1.91. The summed E-state index contributed by atoms with van der Waals surface area (Å²) in [6, 6.07) is 0. The first-order chi connectivity index (χ1) is 2.00. The van der Waals surface area contributed by atoms with E-state index >= 15 is 0 Å². The van der Waals surface area contributed by atoms with E-state index in [0.29, 0.717) is 0 Å². The number of halogens is 2. The Hall–Kier alpha value is 1.46. The van der Waals surface area contributed by atoms with E-state index in [1.165, 1.54) is 0 Å². The van der Waals surface area contributed by atoms with E-state index in [1.807, 2.05) is 6.92 Å². The second-order valence-corrected chi connectivity index (χ2v) is 7.90. The van der Waals surface area contributed by atoms with Crippen molar-refractivity contribution in [2.24, 2.45) is 0 Å². The summed E-state index contributed by atoms with van der Waals surface area (Å²) >= 11 is 4.51. The first-order valence-electron chi connectivity index (χ1n) is 1.23. The minimum Gasteiger partial charge on any atom is -0.0675 e. The van der Waals surface area contributed by atoms with Crippen molar-refractivity contribution in [1.29, 1.82) is 0 Å². The van der Waals surface area contributed by atoms with Crippen LogP contribution in [0.4, 0.5) is 0 Å². The van der Waals surface area contributed by atoms with Crippen molar-refractivity contribution < 1.29 is 0 Å². The number of hydrogen-bond donors (Lipinski definition) is 0. The number of hydrogen-bond acceptors (Lipinski definition) is 0. The lowest BCUT2D eigenvalue weighted by atomic mass is 10.6. The standard InChI is InChI=1S/C3H5I2/c1-3(2,4)5/h1H2,2H3. The van der Waals surface area contributed by atoms with Gasteiger partial charge >= 0.3 is 0 Å². The Morgan fingerprint density at radius 2 is 1.60 bits per heavy atom. The van der Waals surface area contributed by atoms with Gasteiger partial charge in [0.15, 0.2) is 0 Å². The van der Waals surface area contributed by atoms with Gasteiger partial charge in [0.05, 0.1) is 1.43 Å². The molecule has 0 spiro atoms. The van der Waals surface area contributed by atoms with Gasteiger partial charge in [-0.15, -0.1) is 0 Å². The molecule has 0 N–H and O–H groups in total. The Labute approximate surface area is 60.0 Å². The topological polar surface area (TPSA) is 0 Å². The molecule has 0 saturated carbocycles. The summed E-state index contributed by atoms with van der Waals surface area (Å²) in [6.07, 6.45) is 0. The van der Waals surface area contributed by atoms with Crippen LogP contribution in [-0.4, -0.2) is 1.43 Å². The molecule has 0 unspecified atom stereocenters. The van der Waals surface area contributed by atoms with Gasteiger partial charge in [-0.1, -0.05) is 45.2 Å². The van der Waals surface area contributed by atoms with Crippen LogP contribution in [0.5, 0.6) is 0 Å². The number of alkyl halides is 2. The lowest BCUT2D eigenvalue weighted by Gasteiger charge is -1.99. The smallest absolute Gasteiger partial charge is 0.0675 e. The molecule has 5 heavy (non-hydrogen) atoms. The van der Waals surface area contributed by atoms with Crippen LogP contribution in [-0.2, 0) is 0 Å². The van der Waals surface area contributed by atoms with Gasteiger partial charge in [-0.25, -0.2) is 0 Å². The largest absolute Gasteiger partial charge is 0.0707 e. The molecule has 0 nitrogen and oxygen atoms in total. The Kier molecular flexibility index (Phi) is 2.52. The molecule has 31 valence electrons. The lowest BCUT2D eigenvalue weighted by molar-refractivity contribution is 1.26. The normalized spacial score (nSPS) is 12.0. The van der Waals surface area contributed by atoms with Crippen LogP contribution in [0.3, 0.4) is 0 Å². The van der Waals surface area contributed by atoms with Crippen molar-refractivity contribution in [1.82, 2.24) is 0 Å². The molecule has 0 heterocycles. The average molecular weight is 295 g/mol. The van der Waals surface area contributed by atoms with Crippen LogP contribution in [0.1, 0.15) is 6.92 Å². The molecule has 2 heteroatoms. The second-order valence-electron chi connectivity index (χ2n) is 1.07. The summed E-state index contributed by atoms with van der Waals surface area (Å²) in [5, 5.41) is 0. The molecule has 0 aromatic rings. The van der Waals surface area contributed by atoms with Gasteiger partial charge in [-0.3, -0.25) is 0 Å². The molecule has 0 bridgehead atoms. The van der Waals surface area contributed by atoms with E-state index in [9.17, 15) is 0 Å². The fraction of sp³-hybridized carbons (Fsp3) is 0.667. The second kappa shape index (κ2) is 1.95. The summed E-state index contributed by atoms with van der Waals surface area (Å²) in [4.78, 5) is 0. The molecule has 1 radical (unpaired) electrons. The van der Waals surface area contributed by atoms with E-state index in [2.05, 4.69) is 52.1 Å². The van der Waals surface area contributed by atoms with Gasteiger partial charge in [-0.2, -0.15) is 0 Å². The van der Waals surface area contributed by atoms with Gasteiger partial charge in [0.25, 0.3) is 0 Å². The van der Waals surface area contributed by atoms with Gasteiger partial charge in [0.2, 0.25) is 0 Å². The molecule has 0 aromatic carbocycles. The highest BCUT2D eigenvalue weighted by molar-refractivity contribution is 14.2. The Morgan fingerprint density at radius 3 is 1.60 bits per heavy atom. The van der Waals surface area contributed by atoms with Gasteiger partial charge in [0.1, 0.15) is 0 Å². The Bertz CT molecular complexity index is 20.4. The van der Waals surface area contributed by atoms with E-state index < -0.39 is 0 Å². The Balaban J connectivity index is 3.02. The van der Waals surface area contributed by atoms with E-state index in [0.717, 1.165) is 0 Å². The third kappa shape index (κ3) is 30.7. The predicted molar refractivity (Wildman–Crippen MR) is 41.8 cm³/mol. The van der Waals surface area contributed by atoms with Crippen LogP contribution in [0.25, 0.3) is 0 Å². The quantitative estimate of drug-likeness (QED) is 0.475. The maximum absolute atomic E-state index is 3.74. The first-order valence-corrected chi connectivity index (χ1v) is 3.39. The maximum atomic E-state index is 3.74. The molecule has 0 aliphatic carbocycles. The maximum Gasteiger partial charge on any atom is 0.0707 e. The van der Waals surface area contributed by atoms with Crippen LogP contribution < -0.4 is 0 Å². The molecular formula is C3H5I2. The molecule has 0 aliphatic rings. The zero-order valence-corrected chi connectivity index (χ0v) is 7.28. The molecule has 0 amide bonds. The van der Waals surface area contributed by atoms with Crippen molar-refractivity contribution in [3.63, 3.8) is 0 Å². The third-order valence-electron chi connectivity index (χ3n) is 0. The van der Waals surface area contributed by atoms with Crippen LogP contribution in [0.15, 0.2) is 0 Å². The van der Waals surface area contributed by atoms with Crippen molar-refractivity contribution in [2.75, 3.05) is 0 Å². The van der Waals surface area contributed by atoms with Crippen molar-refractivity contribution in [2.45, 2.75) is 8.35 Å². The average Bonchev–Trinajstić information content (AvgIpc) is 0.722. The van der Waals surface area contributed by atoms with Crippen LogP contribution in [0, 0.1) is 6.92 Å². The highest BCUT2D eigenvalue weighted by Gasteiger charge is 2.01. The summed E-state index contributed by atoms with van der Waals surface area (Å²) in [7, 11) is 0. The zero-order valence-electron chi connectivity index (χ0n) is 2.96. The van der Waals surface area contributed by atoms with Gasteiger partial charge in [-0.05, 0) is 13.8 Å². The van der Waals surface area contributed by atoms with Gasteiger partial charge in [0, 0.05) is 0 Å². The zero-order chi connectivity index (χ0) is 4.50. The summed E-state index contributed by atoms with van der Waals surface area (Å²) in [6.45, 7) is 5.79. The fourth-order valence-corrected chi connectivity index (χ4v) is 0. The molecular weight excluding hydrogens is 290 g/mol. The highest BCUT2D eigenvalue weighted by Crippen LogP contribution is 2.23. The van der Waals surface area contributed by atoms with Crippen molar-refractivity contribution >= 4 is 45.2 Å². The summed E-state index contributed by atoms with van der Waals surface area (Å²) in [5.41, 5.74) is 0. The van der Waals surface area contributed by atoms with Crippen LogP contribution in [0.2, 0.25) is 0 Å². The molecule has 0 aromatic heterocycles. The van der Waals surface area contributed by atoms with E-state index in [1.54, 1.807) is 0 Å². The molecule has 0 fully saturated rings. The fourth-order valence-electron chi connectivity index (χ4n) is 0. The van der Waals surface area contributed by atoms with Crippen molar-refractivity contribution in [3.05, 3.63) is 6.92 Å².